The quantitative estimate of drug-likeness (QED) is 0.870. The number of hydrogen-bond acceptors (Lipinski definition) is 6. The van der Waals surface area contributed by atoms with E-state index in [1.54, 1.807) is 6.20 Å². The van der Waals surface area contributed by atoms with E-state index in [0.29, 0.717) is 10.8 Å². The van der Waals surface area contributed by atoms with E-state index in [9.17, 15) is 4.79 Å². The molecule has 0 aromatic carbocycles. The van der Waals surface area contributed by atoms with Gasteiger partial charge < -0.3 is 10.1 Å². The fourth-order valence-electron chi connectivity index (χ4n) is 3.07. The van der Waals surface area contributed by atoms with Gasteiger partial charge in [-0.15, -0.1) is 5.10 Å². The van der Waals surface area contributed by atoms with E-state index in [0.717, 1.165) is 50.2 Å². The number of pyridine rings is 1. The van der Waals surface area contributed by atoms with Crippen LogP contribution in [0.1, 0.15) is 53.2 Å². The maximum Gasteiger partial charge on any atom is 0.265 e. The third-order valence-corrected chi connectivity index (χ3v) is 5.08. The van der Waals surface area contributed by atoms with Crippen molar-refractivity contribution in [3.8, 4) is 0 Å². The molecule has 1 N–H and O–H groups in total. The molecule has 0 spiro atoms. The van der Waals surface area contributed by atoms with Gasteiger partial charge in [-0.1, -0.05) is 23.9 Å². The van der Waals surface area contributed by atoms with Crippen LogP contribution in [0, 0.1) is 5.92 Å². The van der Waals surface area contributed by atoms with E-state index in [2.05, 4.69) is 26.8 Å². The molecule has 0 aliphatic carbocycles. The van der Waals surface area contributed by atoms with Crippen LogP contribution in [0.5, 0.6) is 0 Å². The summed E-state index contributed by atoms with van der Waals surface area (Å²) in [6, 6.07) is 3.86. The van der Waals surface area contributed by atoms with Gasteiger partial charge in [-0.2, -0.15) is 0 Å². The van der Waals surface area contributed by atoms with E-state index in [1.807, 2.05) is 18.3 Å². The molecule has 0 bridgehead atoms. The molecule has 1 unspecified atom stereocenters. The lowest BCUT2D eigenvalue weighted by atomic mass is 9.87. The molecule has 1 atom stereocenters. The van der Waals surface area contributed by atoms with Gasteiger partial charge in [0.15, 0.2) is 0 Å². The standard InChI is InChI=1S/C17H22N4O2S/c1-2-4-14-16(24-21-20-14)17(22)19-15(12-6-9-23-10-7-12)13-5-3-8-18-11-13/h3,5,8,11-12,15H,2,4,6-7,9-10H2,1H3,(H,19,22). The third-order valence-electron chi connectivity index (χ3n) is 4.32. The summed E-state index contributed by atoms with van der Waals surface area (Å²) in [5, 5.41) is 7.30. The first-order chi connectivity index (χ1) is 11.8. The average Bonchev–Trinajstić information content (AvgIpc) is 3.10. The van der Waals surface area contributed by atoms with Crippen molar-refractivity contribution in [1.82, 2.24) is 19.9 Å². The normalized spacial score (nSPS) is 16.7. The maximum absolute atomic E-state index is 12.8. The second-order valence-electron chi connectivity index (χ2n) is 5.99. The van der Waals surface area contributed by atoms with Crippen molar-refractivity contribution in [3.63, 3.8) is 0 Å². The van der Waals surface area contributed by atoms with Gasteiger partial charge >= 0.3 is 0 Å². The molecule has 1 saturated heterocycles. The first kappa shape index (κ1) is 17.0. The molecule has 7 heteroatoms. The highest BCUT2D eigenvalue weighted by Crippen LogP contribution is 2.30. The van der Waals surface area contributed by atoms with Crippen LogP contribution < -0.4 is 5.32 Å². The zero-order chi connectivity index (χ0) is 16.8. The SMILES string of the molecule is CCCc1nnsc1C(=O)NC(c1cccnc1)C1CCOCC1. The smallest absolute Gasteiger partial charge is 0.265 e. The monoisotopic (exact) mass is 346 g/mol. The van der Waals surface area contributed by atoms with Crippen molar-refractivity contribution >= 4 is 17.4 Å². The number of ether oxygens (including phenoxy) is 1. The Morgan fingerprint density at radius 1 is 1.46 bits per heavy atom. The second kappa shape index (κ2) is 8.30. The summed E-state index contributed by atoms with van der Waals surface area (Å²) < 4.78 is 9.42. The number of carbonyl (C=O) groups is 1. The average molecular weight is 346 g/mol. The molecule has 6 nitrogen and oxygen atoms in total. The Bertz CT molecular complexity index is 656. The van der Waals surface area contributed by atoms with Gasteiger partial charge in [0, 0.05) is 25.6 Å². The van der Waals surface area contributed by atoms with Crippen LogP contribution in [-0.4, -0.2) is 33.7 Å². The van der Waals surface area contributed by atoms with Gasteiger partial charge in [-0.05, 0) is 48.3 Å². The zero-order valence-corrected chi connectivity index (χ0v) is 14.6. The Morgan fingerprint density at radius 2 is 2.29 bits per heavy atom. The largest absolute Gasteiger partial charge is 0.381 e. The van der Waals surface area contributed by atoms with Crippen molar-refractivity contribution in [2.45, 2.75) is 38.6 Å². The van der Waals surface area contributed by atoms with Crippen molar-refractivity contribution in [2.24, 2.45) is 5.92 Å². The maximum atomic E-state index is 12.8. The van der Waals surface area contributed by atoms with Crippen molar-refractivity contribution in [2.75, 3.05) is 13.2 Å². The van der Waals surface area contributed by atoms with Crippen LogP contribution in [0.4, 0.5) is 0 Å². The first-order valence-corrected chi connectivity index (χ1v) is 9.16. The molecule has 128 valence electrons. The van der Waals surface area contributed by atoms with Gasteiger partial charge in [0.25, 0.3) is 5.91 Å². The molecule has 0 saturated carbocycles. The van der Waals surface area contributed by atoms with Crippen LogP contribution in [0.15, 0.2) is 24.5 Å². The molecular formula is C17H22N4O2S. The van der Waals surface area contributed by atoms with E-state index in [1.165, 1.54) is 11.5 Å². The molecule has 3 heterocycles. The number of nitrogens with zero attached hydrogens (tertiary/aromatic N) is 3. The number of nitrogens with one attached hydrogen (secondary N) is 1. The summed E-state index contributed by atoms with van der Waals surface area (Å²) in [6.07, 6.45) is 7.16. The number of aryl methyl sites for hydroxylation is 1. The highest BCUT2D eigenvalue weighted by molar-refractivity contribution is 7.08. The summed E-state index contributed by atoms with van der Waals surface area (Å²) in [5.74, 6) is 0.260. The molecule has 2 aromatic rings. The predicted molar refractivity (Wildman–Crippen MR) is 91.9 cm³/mol. The number of amides is 1. The van der Waals surface area contributed by atoms with Gasteiger partial charge in [0.1, 0.15) is 4.88 Å². The summed E-state index contributed by atoms with van der Waals surface area (Å²) in [5.41, 5.74) is 1.82. The van der Waals surface area contributed by atoms with Gasteiger partial charge in [-0.25, -0.2) is 0 Å². The Morgan fingerprint density at radius 3 is 3.00 bits per heavy atom. The topological polar surface area (TPSA) is 77.0 Å². The summed E-state index contributed by atoms with van der Waals surface area (Å²) in [4.78, 5) is 17.6. The summed E-state index contributed by atoms with van der Waals surface area (Å²) >= 11 is 1.17. The minimum Gasteiger partial charge on any atom is -0.381 e. The molecule has 2 aromatic heterocycles. The van der Waals surface area contributed by atoms with Crippen LogP contribution in [0.2, 0.25) is 0 Å². The molecule has 1 amide bonds. The van der Waals surface area contributed by atoms with Gasteiger partial charge in [0.2, 0.25) is 0 Å². The van der Waals surface area contributed by atoms with E-state index >= 15 is 0 Å². The lowest BCUT2D eigenvalue weighted by Crippen LogP contribution is -2.36. The number of carbonyl (C=O) groups excluding carboxylic acids is 1. The van der Waals surface area contributed by atoms with Crippen molar-refractivity contribution in [1.29, 1.82) is 0 Å². The van der Waals surface area contributed by atoms with Crippen LogP contribution >= 0.6 is 11.5 Å². The summed E-state index contributed by atoms with van der Waals surface area (Å²) in [6.45, 7) is 3.54. The molecule has 1 fully saturated rings. The number of rotatable bonds is 6. The first-order valence-electron chi connectivity index (χ1n) is 8.39. The Labute approximate surface area is 145 Å². The van der Waals surface area contributed by atoms with Crippen LogP contribution in [0.3, 0.4) is 0 Å². The molecule has 3 rings (SSSR count). The second-order valence-corrected chi connectivity index (χ2v) is 6.74. The van der Waals surface area contributed by atoms with Gasteiger partial charge in [-0.3, -0.25) is 9.78 Å². The Balaban J connectivity index is 1.80. The highest BCUT2D eigenvalue weighted by Gasteiger charge is 2.28. The number of hydrogen-bond donors (Lipinski definition) is 1. The van der Waals surface area contributed by atoms with Crippen molar-refractivity contribution in [3.05, 3.63) is 40.7 Å². The Kier molecular flexibility index (Phi) is 5.87. The number of aromatic nitrogens is 3. The van der Waals surface area contributed by atoms with Crippen LogP contribution in [-0.2, 0) is 11.2 Å². The van der Waals surface area contributed by atoms with E-state index in [4.69, 9.17) is 4.74 Å². The lowest BCUT2D eigenvalue weighted by molar-refractivity contribution is 0.0514. The van der Waals surface area contributed by atoms with E-state index in [-0.39, 0.29) is 11.9 Å². The molecule has 0 radical (unpaired) electrons. The predicted octanol–water partition coefficient (Wildman–Crippen LogP) is 2.78. The molecule has 1 aliphatic rings. The summed E-state index contributed by atoms with van der Waals surface area (Å²) in [7, 11) is 0. The highest BCUT2D eigenvalue weighted by atomic mass is 32.1. The lowest BCUT2D eigenvalue weighted by Gasteiger charge is -2.31. The van der Waals surface area contributed by atoms with E-state index < -0.39 is 0 Å². The third kappa shape index (κ3) is 3.96. The minimum atomic E-state index is -0.0891. The van der Waals surface area contributed by atoms with Crippen molar-refractivity contribution < 1.29 is 9.53 Å². The minimum absolute atomic E-state index is 0.0633. The fourth-order valence-corrected chi connectivity index (χ4v) is 3.68. The fraction of sp³-hybridized carbons (Fsp3) is 0.529. The zero-order valence-electron chi connectivity index (χ0n) is 13.8. The molecule has 24 heavy (non-hydrogen) atoms. The molecular weight excluding hydrogens is 324 g/mol. The van der Waals surface area contributed by atoms with Crippen LogP contribution in [0.25, 0.3) is 0 Å². The molecule has 1 aliphatic heterocycles. The Hall–Kier alpha value is -1.86. The van der Waals surface area contributed by atoms with Gasteiger partial charge in [0.05, 0.1) is 11.7 Å².